The van der Waals surface area contributed by atoms with Gasteiger partial charge in [-0.15, -0.1) is 0 Å². The number of nitro groups is 1. The molecular formula is C13H16N6O2. The van der Waals surface area contributed by atoms with Crippen molar-refractivity contribution in [3.8, 4) is 5.82 Å². The molecule has 0 saturated carbocycles. The van der Waals surface area contributed by atoms with Crippen molar-refractivity contribution < 1.29 is 4.92 Å². The molecule has 1 fully saturated rings. The van der Waals surface area contributed by atoms with Crippen LogP contribution in [0.25, 0.3) is 5.82 Å². The van der Waals surface area contributed by atoms with Gasteiger partial charge in [-0.1, -0.05) is 0 Å². The van der Waals surface area contributed by atoms with Crippen molar-refractivity contribution in [2.24, 2.45) is 0 Å². The third-order valence-corrected chi connectivity index (χ3v) is 3.58. The first kappa shape index (κ1) is 13.5. The highest BCUT2D eigenvalue weighted by Gasteiger charge is 2.30. The average molecular weight is 288 g/mol. The predicted molar refractivity (Wildman–Crippen MR) is 76.7 cm³/mol. The van der Waals surface area contributed by atoms with Crippen LogP contribution in [-0.4, -0.2) is 37.8 Å². The number of hydrogen-bond acceptors (Lipinski definition) is 6. The van der Waals surface area contributed by atoms with Gasteiger partial charge in [-0.3, -0.25) is 10.1 Å². The number of aryl methyl sites for hydroxylation is 2. The van der Waals surface area contributed by atoms with E-state index < -0.39 is 4.92 Å². The molecule has 0 bridgehead atoms. The Kier molecular flexibility index (Phi) is 3.28. The molecule has 8 nitrogen and oxygen atoms in total. The van der Waals surface area contributed by atoms with Crippen molar-refractivity contribution >= 4 is 11.5 Å². The van der Waals surface area contributed by atoms with E-state index in [1.807, 2.05) is 24.8 Å². The summed E-state index contributed by atoms with van der Waals surface area (Å²) in [5.74, 6) is 0.609. The topological polar surface area (TPSA) is 90.0 Å². The maximum absolute atomic E-state index is 11.5. The molecule has 1 saturated heterocycles. The van der Waals surface area contributed by atoms with Crippen LogP contribution in [0.4, 0.5) is 11.5 Å². The van der Waals surface area contributed by atoms with Crippen molar-refractivity contribution in [3.63, 3.8) is 0 Å². The fraction of sp³-hybridized carbons (Fsp3) is 0.462. The molecule has 1 aliphatic rings. The lowest BCUT2D eigenvalue weighted by Crippen LogP contribution is -2.22. The van der Waals surface area contributed by atoms with Crippen LogP contribution >= 0.6 is 0 Å². The summed E-state index contributed by atoms with van der Waals surface area (Å²) in [4.78, 5) is 21.3. The van der Waals surface area contributed by atoms with Crippen LogP contribution in [0.5, 0.6) is 0 Å². The summed E-state index contributed by atoms with van der Waals surface area (Å²) in [5.41, 5.74) is 1.52. The molecule has 110 valence electrons. The third kappa shape index (κ3) is 2.32. The van der Waals surface area contributed by atoms with Crippen LogP contribution in [0.3, 0.4) is 0 Å². The van der Waals surface area contributed by atoms with Crippen molar-refractivity contribution in [1.82, 2.24) is 19.7 Å². The van der Waals surface area contributed by atoms with Gasteiger partial charge >= 0.3 is 5.69 Å². The first-order valence-corrected chi connectivity index (χ1v) is 6.86. The molecule has 0 amide bonds. The molecule has 0 unspecified atom stereocenters. The number of hydrogen-bond donors (Lipinski definition) is 0. The highest BCUT2D eigenvalue weighted by Crippen LogP contribution is 2.32. The summed E-state index contributed by atoms with van der Waals surface area (Å²) in [6, 6.07) is 1.86. The first-order chi connectivity index (χ1) is 10.1. The zero-order valence-corrected chi connectivity index (χ0v) is 12.0. The molecule has 3 rings (SSSR count). The van der Waals surface area contributed by atoms with E-state index in [0.717, 1.165) is 37.3 Å². The van der Waals surface area contributed by atoms with Gasteiger partial charge in [0.1, 0.15) is 6.33 Å². The Bertz CT molecular complexity index is 690. The lowest BCUT2D eigenvalue weighted by Gasteiger charge is -2.16. The largest absolute Gasteiger partial charge is 0.355 e. The van der Waals surface area contributed by atoms with Crippen molar-refractivity contribution in [2.75, 3.05) is 18.0 Å². The highest BCUT2D eigenvalue weighted by atomic mass is 16.6. The summed E-state index contributed by atoms with van der Waals surface area (Å²) < 4.78 is 1.51. The lowest BCUT2D eigenvalue weighted by molar-refractivity contribution is -0.384. The zero-order valence-electron chi connectivity index (χ0n) is 12.0. The normalized spacial score (nSPS) is 14.7. The summed E-state index contributed by atoms with van der Waals surface area (Å²) in [6.07, 6.45) is 3.42. The molecule has 21 heavy (non-hydrogen) atoms. The number of anilines is 1. The van der Waals surface area contributed by atoms with E-state index in [4.69, 9.17) is 0 Å². The van der Waals surface area contributed by atoms with Gasteiger partial charge in [0.2, 0.25) is 11.6 Å². The minimum atomic E-state index is -0.417. The number of aromatic nitrogens is 4. The van der Waals surface area contributed by atoms with E-state index in [1.165, 1.54) is 11.0 Å². The van der Waals surface area contributed by atoms with Crippen molar-refractivity contribution in [3.05, 3.63) is 33.9 Å². The Morgan fingerprint density at radius 1 is 1.19 bits per heavy atom. The minimum absolute atomic E-state index is 0.0781. The van der Waals surface area contributed by atoms with Gasteiger partial charge in [0.15, 0.2) is 0 Å². The Morgan fingerprint density at radius 3 is 2.43 bits per heavy atom. The number of rotatable bonds is 3. The van der Waals surface area contributed by atoms with Crippen LogP contribution in [0.2, 0.25) is 0 Å². The van der Waals surface area contributed by atoms with E-state index in [2.05, 4.69) is 15.1 Å². The maximum Gasteiger partial charge on any atom is 0.355 e. The van der Waals surface area contributed by atoms with Gasteiger partial charge in [-0.05, 0) is 32.8 Å². The SMILES string of the molecule is Cc1cc(C)n(-c2ncnc(N3CCCC3)c2[N+](=O)[O-])n1. The van der Waals surface area contributed by atoms with E-state index in [9.17, 15) is 10.1 Å². The van der Waals surface area contributed by atoms with Gasteiger partial charge in [-0.2, -0.15) is 5.10 Å². The second-order valence-corrected chi connectivity index (χ2v) is 5.16. The molecule has 8 heteroatoms. The fourth-order valence-corrected chi connectivity index (χ4v) is 2.68. The summed E-state index contributed by atoms with van der Waals surface area (Å²) >= 11 is 0. The van der Waals surface area contributed by atoms with Crippen molar-refractivity contribution in [1.29, 1.82) is 0 Å². The average Bonchev–Trinajstić information content (AvgIpc) is 3.07. The highest BCUT2D eigenvalue weighted by molar-refractivity contribution is 5.65. The molecule has 0 atom stereocenters. The Morgan fingerprint density at radius 2 is 1.86 bits per heavy atom. The minimum Gasteiger partial charge on any atom is -0.351 e. The van der Waals surface area contributed by atoms with E-state index in [1.54, 1.807) is 0 Å². The summed E-state index contributed by atoms with van der Waals surface area (Å²) in [7, 11) is 0. The fourth-order valence-electron chi connectivity index (χ4n) is 2.68. The monoisotopic (exact) mass is 288 g/mol. The van der Waals surface area contributed by atoms with Gasteiger partial charge in [0.05, 0.1) is 10.6 Å². The van der Waals surface area contributed by atoms with Crippen LogP contribution in [0, 0.1) is 24.0 Å². The Balaban J connectivity index is 2.18. The molecule has 2 aromatic heterocycles. The molecule has 0 N–H and O–H groups in total. The van der Waals surface area contributed by atoms with Crippen LogP contribution in [0.15, 0.2) is 12.4 Å². The number of nitrogens with zero attached hydrogens (tertiary/aromatic N) is 6. The van der Waals surface area contributed by atoms with Crippen LogP contribution in [-0.2, 0) is 0 Å². The lowest BCUT2D eigenvalue weighted by atomic mass is 10.3. The van der Waals surface area contributed by atoms with Gasteiger partial charge in [0.25, 0.3) is 0 Å². The second-order valence-electron chi connectivity index (χ2n) is 5.16. The van der Waals surface area contributed by atoms with Gasteiger partial charge < -0.3 is 4.90 Å². The van der Waals surface area contributed by atoms with Gasteiger partial charge in [-0.25, -0.2) is 14.6 Å². The van der Waals surface area contributed by atoms with Crippen molar-refractivity contribution in [2.45, 2.75) is 26.7 Å². The summed E-state index contributed by atoms with van der Waals surface area (Å²) in [6.45, 7) is 5.27. The third-order valence-electron chi connectivity index (χ3n) is 3.58. The summed E-state index contributed by atoms with van der Waals surface area (Å²) in [5, 5.41) is 15.8. The maximum atomic E-state index is 11.5. The molecule has 0 spiro atoms. The molecule has 0 aromatic carbocycles. The predicted octanol–water partition coefficient (Wildman–Crippen LogP) is 1.79. The Labute approximate surface area is 121 Å². The quantitative estimate of drug-likeness (QED) is 0.631. The Hall–Kier alpha value is -2.51. The van der Waals surface area contributed by atoms with Crippen LogP contribution in [0.1, 0.15) is 24.2 Å². The molecule has 0 radical (unpaired) electrons. The molecule has 3 heterocycles. The zero-order chi connectivity index (χ0) is 15.0. The standard InChI is InChI=1S/C13H16N6O2/c1-9-7-10(2)18(16-9)13-11(19(20)21)12(14-8-15-13)17-5-3-4-6-17/h7-8H,3-6H2,1-2H3. The van der Waals surface area contributed by atoms with E-state index >= 15 is 0 Å². The smallest absolute Gasteiger partial charge is 0.351 e. The van der Waals surface area contributed by atoms with Crippen LogP contribution < -0.4 is 4.90 Å². The molecule has 0 aliphatic carbocycles. The molecular weight excluding hydrogens is 272 g/mol. The van der Waals surface area contributed by atoms with Gasteiger partial charge in [0, 0.05) is 18.8 Å². The first-order valence-electron chi connectivity index (χ1n) is 6.86. The molecule has 1 aliphatic heterocycles. The molecule has 2 aromatic rings. The second kappa shape index (κ2) is 5.12. The van der Waals surface area contributed by atoms with E-state index in [-0.39, 0.29) is 11.5 Å². The van der Waals surface area contributed by atoms with E-state index in [0.29, 0.717) is 5.82 Å².